The third kappa shape index (κ3) is 4.13. The molecule has 0 saturated carbocycles. The lowest BCUT2D eigenvalue weighted by Crippen LogP contribution is -2.46. The molecule has 1 fully saturated rings. The van der Waals surface area contributed by atoms with Gasteiger partial charge in [-0.1, -0.05) is 30.8 Å². The van der Waals surface area contributed by atoms with Gasteiger partial charge in [0.05, 0.1) is 31.3 Å². The van der Waals surface area contributed by atoms with Gasteiger partial charge in [-0.15, -0.1) is 10.2 Å². The fourth-order valence-electron chi connectivity index (χ4n) is 2.73. The number of ether oxygens (including phenoxy) is 2. The summed E-state index contributed by atoms with van der Waals surface area (Å²) in [4.78, 5) is 14.4. The topological polar surface area (TPSA) is 69.5 Å². The van der Waals surface area contributed by atoms with E-state index in [2.05, 4.69) is 17.1 Å². The Morgan fingerprint density at radius 1 is 1.44 bits per heavy atom. The van der Waals surface area contributed by atoms with Crippen molar-refractivity contribution in [1.29, 1.82) is 0 Å². The van der Waals surface area contributed by atoms with Crippen molar-refractivity contribution in [3.63, 3.8) is 0 Å². The molecule has 25 heavy (non-hydrogen) atoms. The highest BCUT2D eigenvalue weighted by Gasteiger charge is 2.23. The van der Waals surface area contributed by atoms with E-state index in [1.807, 2.05) is 33.7 Å². The van der Waals surface area contributed by atoms with E-state index in [1.54, 1.807) is 13.4 Å². The van der Waals surface area contributed by atoms with Crippen molar-refractivity contribution < 1.29 is 14.3 Å². The molecule has 1 saturated heterocycles. The van der Waals surface area contributed by atoms with Gasteiger partial charge in [-0.25, -0.2) is 0 Å². The Bertz CT molecular complexity index is 721. The largest absolute Gasteiger partial charge is 0.495 e. The number of thioether (sulfide) groups is 1. The first kappa shape index (κ1) is 17.8. The normalized spacial score (nSPS) is 17.5. The number of carbonyl (C=O) groups excluding carboxylic acids is 1. The summed E-state index contributed by atoms with van der Waals surface area (Å²) in [6, 6.07) is 7.65. The van der Waals surface area contributed by atoms with Crippen LogP contribution in [0.15, 0.2) is 35.7 Å². The maximum atomic E-state index is 12.5. The molecular weight excluding hydrogens is 340 g/mol. The molecule has 0 N–H and O–H groups in total. The second kappa shape index (κ2) is 8.35. The van der Waals surface area contributed by atoms with Crippen LogP contribution in [-0.4, -0.2) is 64.2 Å². The summed E-state index contributed by atoms with van der Waals surface area (Å²) in [6.07, 6.45) is 2.69. The first-order valence-corrected chi connectivity index (χ1v) is 9.27. The number of aromatic nitrogens is 3. The van der Waals surface area contributed by atoms with Gasteiger partial charge in [0.1, 0.15) is 12.1 Å². The van der Waals surface area contributed by atoms with Crippen LogP contribution in [0, 0.1) is 0 Å². The van der Waals surface area contributed by atoms with Crippen LogP contribution in [0.3, 0.4) is 0 Å². The number of carbonyl (C=O) groups is 1. The average Bonchev–Trinajstić information content (AvgIpc) is 3.14. The SMILES string of the molecule is CC[C@@H]1CN(C(=O)CSc2nncn2-c2ccccc2OC)CCO1. The second-order valence-electron chi connectivity index (χ2n) is 5.68. The quantitative estimate of drug-likeness (QED) is 0.732. The highest BCUT2D eigenvalue weighted by atomic mass is 32.2. The van der Waals surface area contributed by atoms with E-state index in [0.717, 1.165) is 17.9 Å². The number of nitrogens with zero attached hydrogens (tertiary/aromatic N) is 4. The third-order valence-electron chi connectivity index (χ3n) is 4.13. The van der Waals surface area contributed by atoms with Crippen molar-refractivity contribution in [2.24, 2.45) is 0 Å². The van der Waals surface area contributed by atoms with E-state index in [1.165, 1.54) is 11.8 Å². The molecule has 0 aliphatic carbocycles. The highest BCUT2D eigenvalue weighted by Crippen LogP contribution is 2.26. The number of hydrogen-bond donors (Lipinski definition) is 0. The van der Waals surface area contributed by atoms with Gasteiger partial charge in [0, 0.05) is 13.1 Å². The molecule has 3 rings (SSSR count). The summed E-state index contributed by atoms with van der Waals surface area (Å²) in [7, 11) is 1.63. The van der Waals surface area contributed by atoms with Gasteiger partial charge < -0.3 is 14.4 Å². The van der Waals surface area contributed by atoms with Crippen LogP contribution >= 0.6 is 11.8 Å². The Kier molecular flexibility index (Phi) is 5.93. The number of morpholine rings is 1. The molecular formula is C17H22N4O3S. The maximum Gasteiger partial charge on any atom is 0.233 e. The Morgan fingerprint density at radius 2 is 2.28 bits per heavy atom. The summed E-state index contributed by atoms with van der Waals surface area (Å²) in [5.41, 5.74) is 0.849. The Balaban J connectivity index is 1.67. The number of amides is 1. The maximum absolute atomic E-state index is 12.5. The van der Waals surface area contributed by atoms with Crippen LogP contribution in [0.1, 0.15) is 13.3 Å². The summed E-state index contributed by atoms with van der Waals surface area (Å²) in [5, 5.41) is 8.79. The van der Waals surface area contributed by atoms with Crippen molar-refractivity contribution in [2.75, 3.05) is 32.6 Å². The molecule has 134 valence electrons. The molecule has 0 bridgehead atoms. The van der Waals surface area contributed by atoms with Crippen molar-refractivity contribution in [1.82, 2.24) is 19.7 Å². The summed E-state index contributed by atoms with van der Waals surface area (Å²) < 4.78 is 12.9. The molecule has 8 heteroatoms. The molecule has 0 radical (unpaired) electrons. The molecule has 0 unspecified atom stereocenters. The van der Waals surface area contributed by atoms with Crippen LogP contribution in [0.4, 0.5) is 0 Å². The van der Waals surface area contributed by atoms with Gasteiger partial charge >= 0.3 is 0 Å². The fourth-order valence-corrected chi connectivity index (χ4v) is 3.55. The zero-order valence-electron chi connectivity index (χ0n) is 14.4. The summed E-state index contributed by atoms with van der Waals surface area (Å²) >= 11 is 1.38. The van der Waals surface area contributed by atoms with E-state index < -0.39 is 0 Å². The number of hydrogen-bond acceptors (Lipinski definition) is 6. The molecule has 1 aromatic heterocycles. The van der Waals surface area contributed by atoms with Crippen LogP contribution in [0.25, 0.3) is 5.69 Å². The first-order chi connectivity index (χ1) is 12.2. The zero-order valence-corrected chi connectivity index (χ0v) is 15.2. The fraction of sp³-hybridized carbons (Fsp3) is 0.471. The van der Waals surface area contributed by atoms with Gasteiger partial charge in [-0.2, -0.15) is 0 Å². The van der Waals surface area contributed by atoms with Crippen molar-refractivity contribution in [3.8, 4) is 11.4 Å². The van der Waals surface area contributed by atoms with E-state index in [-0.39, 0.29) is 12.0 Å². The Hall–Kier alpha value is -2.06. The van der Waals surface area contributed by atoms with Gasteiger partial charge in [-0.3, -0.25) is 9.36 Å². The van der Waals surface area contributed by atoms with Crippen LogP contribution in [0.5, 0.6) is 5.75 Å². The highest BCUT2D eigenvalue weighted by molar-refractivity contribution is 7.99. The minimum absolute atomic E-state index is 0.0985. The van der Waals surface area contributed by atoms with E-state index >= 15 is 0 Å². The monoisotopic (exact) mass is 362 g/mol. The van der Waals surface area contributed by atoms with Crippen molar-refractivity contribution >= 4 is 17.7 Å². The number of para-hydroxylation sites is 2. The van der Waals surface area contributed by atoms with E-state index in [0.29, 0.717) is 30.6 Å². The van der Waals surface area contributed by atoms with Gasteiger partial charge in [0.15, 0.2) is 5.16 Å². The lowest BCUT2D eigenvalue weighted by Gasteiger charge is -2.32. The molecule has 1 aliphatic rings. The van der Waals surface area contributed by atoms with Gasteiger partial charge in [0.25, 0.3) is 0 Å². The summed E-state index contributed by atoms with van der Waals surface area (Å²) in [5.74, 6) is 1.15. The minimum Gasteiger partial charge on any atom is -0.495 e. The molecule has 2 aromatic rings. The lowest BCUT2D eigenvalue weighted by atomic mass is 10.2. The Morgan fingerprint density at radius 3 is 3.08 bits per heavy atom. The predicted molar refractivity (Wildman–Crippen MR) is 95.2 cm³/mol. The summed E-state index contributed by atoms with van der Waals surface area (Å²) in [6.45, 7) is 3.99. The third-order valence-corrected chi connectivity index (χ3v) is 5.06. The molecule has 1 aliphatic heterocycles. The van der Waals surface area contributed by atoms with Crippen LogP contribution in [0.2, 0.25) is 0 Å². The van der Waals surface area contributed by atoms with Gasteiger partial charge in [0.2, 0.25) is 5.91 Å². The number of methoxy groups -OCH3 is 1. The van der Waals surface area contributed by atoms with Crippen molar-refractivity contribution in [3.05, 3.63) is 30.6 Å². The van der Waals surface area contributed by atoms with Crippen LogP contribution in [-0.2, 0) is 9.53 Å². The van der Waals surface area contributed by atoms with E-state index in [4.69, 9.17) is 9.47 Å². The molecule has 2 heterocycles. The van der Waals surface area contributed by atoms with Crippen LogP contribution < -0.4 is 4.74 Å². The number of benzene rings is 1. The lowest BCUT2D eigenvalue weighted by molar-refractivity contribution is -0.135. The smallest absolute Gasteiger partial charge is 0.233 e. The second-order valence-corrected chi connectivity index (χ2v) is 6.63. The molecule has 1 amide bonds. The minimum atomic E-state index is 0.0985. The molecule has 1 aromatic carbocycles. The molecule has 1 atom stereocenters. The molecule has 7 nitrogen and oxygen atoms in total. The Labute approximate surface area is 151 Å². The standard InChI is InChI=1S/C17H22N4O3S/c1-3-13-10-20(8-9-24-13)16(22)11-25-17-19-18-12-21(17)14-6-4-5-7-15(14)23-2/h4-7,12-13H,3,8-11H2,1-2H3/t13-/m1/s1. The zero-order chi connectivity index (χ0) is 17.6. The predicted octanol–water partition coefficient (Wildman–Crippen LogP) is 2.01. The average molecular weight is 362 g/mol. The van der Waals surface area contributed by atoms with Crippen molar-refractivity contribution in [2.45, 2.75) is 24.6 Å². The number of rotatable bonds is 6. The first-order valence-electron chi connectivity index (χ1n) is 8.28. The van der Waals surface area contributed by atoms with E-state index in [9.17, 15) is 4.79 Å². The van der Waals surface area contributed by atoms with Gasteiger partial charge in [-0.05, 0) is 18.6 Å². The molecule has 0 spiro atoms.